The van der Waals surface area contributed by atoms with Gasteiger partial charge in [-0.15, -0.1) is 22.0 Å². The molecule has 4 nitrogen and oxygen atoms in total. The minimum absolute atomic E-state index is 0.0306. The molecule has 2 rings (SSSR count). The third kappa shape index (κ3) is 4.77. The Morgan fingerprint density at radius 1 is 1.18 bits per heavy atom. The lowest BCUT2D eigenvalue weighted by Gasteiger charge is -2.17. The lowest BCUT2D eigenvalue weighted by molar-refractivity contribution is 0.0964. The van der Waals surface area contributed by atoms with Gasteiger partial charge in [0.15, 0.2) is 0 Å². The Morgan fingerprint density at radius 2 is 1.91 bits per heavy atom. The Labute approximate surface area is 136 Å². The average molecular weight is 317 g/mol. The van der Waals surface area contributed by atoms with Crippen LogP contribution in [0.25, 0.3) is 11.0 Å². The second kappa shape index (κ2) is 6.73. The topological polar surface area (TPSA) is 55.7 Å². The van der Waals surface area contributed by atoms with Gasteiger partial charge in [-0.05, 0) is 30.5 Å². The van der Waals surface area contributed by atoms with Crippen LogP contribution in [0.4, 0.5) is 0 Å². The van der Waals surface area contributed by atoms with E-state index >= 15 is 0 Å². The fourth-order valence-electron chi connectivity index (χ4n) is 1.98. The monoisotopic (exact) mass is 317 g/mol. The van der Waals surface area contributed by atoms with Crippen LogP contribution in [0.15, 0.2) is 23.1 Å². The molecule has 5 heteroatoms. The molecule has 0 aliphatic rings. The Kier molecular flexibility index (Phi) is 5.16. The molecule has 1 aromatic heterocycles. The summed E-state index contributed by atoms with van der Waals surface area (Å²) in [5.74, 6) is 0.690. The molecule has 0 N–H and O–H groups in total. The van der Waals surface area contributed by atoms with Gasteiger partial charge in [-0.1, -0.05) is 34.6 Å². The number of nitrogens with zero attached hydrogens (tertiary/aromatic N) is 3. The summed E-state index contributed by atoms with van der Waals surface area (Å²) in [6, 6.07) is 5.92. The second-order valence-corrected chi connectivity index (χ2v) is 8.76. The van der Waals surface area contributed by atoms with E-state index in [1.54, 1.807) is 11.8 Å². The van der Waals surface area contributed by atoms with Crippen LogP contribution in [0.1, 0.15) is 58.1 Å². The summed E-state index contributed by atoms with van der Waals surface area (Å²) < 4.78 is 0.129. The molecule has 0 unspecified atom stereocenters. The summed E-state index contributed by atoms with van der Waals surface area (Å²) in [6.45, 7) is 10.7. The number of benzene rings is 1. The molecule has 118 valence electrons. The zero-order valence-corrected chi connectivity index (χ0v) is 14.7. The first-order valence-electron chi connectivity index (χ1n) is 7.61. The highest BCUT2D eigenvalue weighted by Crippen LogP contribution is 2.32. The molecule has 2 aromatic rings. The molecule has 0 atom stereocenters. The molecule has 0 amide bonds. The Balaban J connectivity index is 2.26. The largest absolute Gasteiger partial charge is 0.291 e. The zero-order chi connectivity index (χ0) is 16.3. The van der Waals surface area contributed by atoms with Gasteiger partial charge in [0.05, 0.1) is 5.52 Å². The van der Waals surface area contributed by atoms with E-state index in [9.17, 15) is 4.79 Å². The number of rotatable bonds is 5. The third-order valence-corrected chi connectivity index (χ3v) is 4.15. The second-order valence-electron chi connectivity index (χ2n) is 6.86. The Bertz CT molecular complexity index is 677. The summed E-state index contributed by atoms with van der Waals surface area (Å²) in [5.41, 5.74) is 1.45. The van der Waals surface area contributed by atoms with E-state index in [1.165, 1.54) is 0 Å². The fraction of sp³-hybridized carbons (Fsp3) is 0.529. The van der Waals surface area contributed by atoms with Crippen molar-refractivity contribution >= 4 is 28.6 Å². The van der Waals surface area contributed by atoms with Gasteiger partial charge >= 0.3 is 0 Å². The van der Waals surface area contributed by atoms with Crippen LogP contribution >= 0.6 is 11.8 Å². The molecule has 0 radical (unpaired) electrons. The maximum Gasteiger partial charge on any atom is 0.218 e. The first-order valence-corrected chi connectivity index (χ1v) is 8.43. The van der Waals surface area contributed by atoms with Crippen LogP contribution in [0.5, 0.6) is 0 Å². The van der Waals surface area contributed by atoms with E-state index in [0.29, 0.717) is 12.3 Å². The van der Waals surface area contributed by atoms with Crippen molar-refractivity contribution in [3.05, 3.63) is 24.0 Å². The van der Waals surface area contributed by atoms with E-state index in [-0.39, 0.29) is 16.4 Å². The molecule has 0 fully saturated rings. The highest BCUT2D eigenvalue weighted by Gasteiger charge is 2.15. The number of carbonyl (C=O) groups excluding carboxylic acids is 1. The lowest BCUT2D eigenvalue weighted by Crippen LogP contribution is -2.09. The predicted molar refractivity (Wildman–Crippen MR) is 91.3 cm³/mol. The Morgan fingerprint density at radius 3 is 2.55 bits per heavy atom. The average Bonchev–Trinajstić information content (AvgIpc) is 2.42. The molecular formula is C17H23N3OS. The van der Waals surface area contributed by atoms with Crippen LogP contribution in [0.2, 0.25) is 0 Å². The minimum atomic E-state index is -0.0306. The number of Topliss-reactive ketones (excluding diaryl/α,β-unsaturated/α-hetero) is 1. The van der Waals surface area contributed by atoms with E-state index in [0.717, 1.165) is 22.3 Å². The van der Waals surface area contributed by atoms with Gasteiger partial charge in [0.25, 0.3) is 0 Å². The maximum absolute atomic E-state index is 12.1. The van der Waals surface area contributed by atoms with Gasteiger partial charge in [0.2, 0.25) is 11.6 Å². The molecule has 0 aliphatic carbocycles. The summed E-state index contributed by atoms with van der Waals surface area (Å²) in [7, 11) is 0. The molecule has 0 spiro atoms. The third-order valence-electron chi connectivity index (χ3n) is 3.05. The fourth-order valence-corrected chi connectivity index (χ4v) is 3.00. The maximum atomic E-state index is 12.1. The number of hydrogen-bond acceptors (Lipinski definition) is 5. The van der Waals surface area contributed by atoms with E-state index in [2.05, 4.69) is 49.8 Å². The van der Waals surface area contributed by atoms with Crippen molar-refractivity contribution < 1.29 is 4.79 Å². The first kappa shape index (κ1) is 16.9. The van der Waals surface area contributed by atoms with Crippen molar-refractivity contribution in [2.45, 2.75) is 57.1 Å². The number of aromatic nitrogens is 3. The molecule has 0 bridgehead atoms. The lowest BCUT2D eigenvalue weighted by atomic mass is 10.1. The van der Waals surface area contributed by atoms with E-state index in [1.807, 2.05) is 18.2 Å². The molecule has 1 heterocycles. The summed E-state index contributed by atoms with van der Waals surface area (Å²) in [6.07, 6.45) is 1.32. The van der Waals surface area contributed by atoms with Crippen molar-refractivity contribution in [2.24, 2.45) is 5.92 Å². The molecular weight excluding hydrogens is 294 g/mol. The van der Waals surface area contributed by atoms with Crippen LogP contribution in [-0.2, 0) is 0 Å². The normalized spacial score (nSPS) is 12.1. The van der Waals surface area contributed by atoms with Crippen LogP contribution < -0.4 is 0 Å². The van der Waals surface area contributed by atoms with Gasteiger partial charge in [-0.25, -0.2) is 4.98 Å². The van der Waals surface area contributed by atoms with Gasteiger partial charge in [0, 0.05) is 16.1 Å². The standard InChI is InChI=1S/C17H23N3OS/c1-11(2)6-9-15(21)16-18-14-10-12(22-17(3,4)5)7-8-13(14)19-20-16/h7-8,10-11H,6,9H2,1-5H3. The number of ketones is 1. The van der Waals surface area contributed by atoms with E-state index in [4.69, 9.17) is 0 Å². The van der Waals surface area contributed by atoms with Gasteiger partial charge in [0.1, 0.15) is 5.52 Å². The van der Waals surface area contributed by atoms with Crippen molar-refractivity contribution in [1.29, 1.82) is 0 Å². The Hall–Kier alpha value is -1.49. The smallest absolute Gasteiger partial charge is 0.218 e. The van der Waals surface area contributed by atoms with Crippen molar-refractivity contribution in [3.8, 4) is 0 Å². The van der Waals surface area contributed by atoms with Gasteiger partial charge in [-0.2, -0.15) is 0 Å². The highest BCUT2D eigenvalue weighted by atomic mass is 32.2. The summed E-state index contributed by atoms with van der Waals surface area (Å²) >= 11 is 1.77. The molecule has 0 saturated heterocycles. The minimum Gasteiger partial charge on any atom is -0.291 e. The quantitative estimate of drug-likeness (QED) is 0.599. The van der Waals surface area contributed by atoms with Gasteiger partial charge < -0.3 is 0 Å². The number of thioether (sulfide) groups is 1. The van der Waals surface area contributed by atoms with Crippen LogP contribution in [0, 0.1) is 5.92 Å². The van der Waals surface area contributed by atoms with Gasteiger partial charge in [-0.3, -0.25) is 4.79 Å². The SMILES string of the molecule is CC(C)CCC(=O)c1nnc2ccc(SC(C)(C)C)cc2n1. The first-order chi connectivity index (χ1) is 10.2. The van der Waals surface area contributed by atoms with E-state index < -0.39 is 0 Å². The van der Waals surface area contributed by atoms with Crippen LogP contribution in [-0.4, -0.2) is 25.7 Å². The molecule has 0 saturated carbocycles. The van der Waals surface area contributed by atoms with Crippen LogP contribution in [0.3, 0.4) is 0 Å². The highest BCUT2D eigenvalue weighted by molar-refractivity contribution is 8.00. The summed E-state index contributed by atoms with van der Waals surface area (Å²) in [4.78, 5) is 17.7. The number of fused-ring (bicyclic) bond motifs is 1. The van der Waals surface area contributed by atoms with Crippen molar-refractivity contribution in [1.82, 2.24) is 15.2 Å². The summed E-state index contributed by atoms with van der Waals surface area (Å²) in [5, 5.41) is 8.10. The number of hydrogen-bond donors (Lipinski definition) is 0. The molecule has 0 aliphatic heterocycles. The number of carbonyl (C=O) groups is 1. The molecule has 22 heavy (non-hydrogen) atoms. The van der Waals surface area contributed by atoms with Crippen molar-refractivity contribution in [3.63, 3.8) is 0 Å². The van der Waals surface area contributed by atoms with Crippen molar-refractivity contribution in [2.75, 3.05) is 0 Å². The zero-order valence-electron chi connectivity index (χ0n) is 13.9. The molecule has 1 aromatic carbocycles. The predicted octanol–water partition coefficient (Wildman–Crippen LogP) is 4.53.